The molecule has 5 atom stereocenters. The third-order valence-electron chi connectivity index (χ3n) is 10.7. The Balaban J connectivity index is 0.965. The van der Waals surface area contributed by atoms with E-state index in [-0.39, 0.29) is 18.1 Å². The number of carbonyl (C=O) groups is 1. The van der Waals surface area contributed by atoms with Crippen LogP contribution in [0.3, 0.4) is 0 Å². The molecule has 43 heavy (non-hydrogen) atoms. The minimum absolute atomic E-state index is 0.0981. The fraction of sp³-hybridized carbons (Fsp3) is 0.972. The molecule has 0 aromatic rings. The molecule has 3 heterocycles. The SMILES string of the molecule is CCCCCCCCCCCCCCCCCCNC(=O)[C@H]1O[C@H]2OC3(CCCCC3)O[C@@H]2[C@H]2OC3(CCCCC3)O[C@H]21. The molecular weight excluding hydrogens is 542 g/mol. The van der Waals surface area contributed by atoms with Gasteiger partial charge in [0.05, 0.1) is 0 Å². The number of hydrogen-bond donors (Lipinski definition) is 1. The molecule has 7 nitrogen and oxygen atoms in total. The average molecular weight is 606 g/mol. The molecule has 248 valence electrons. The lowest BCUT2D eigenvalue weighted by Gasteiger charge is -2.36. The molecule has 0 aromatic carbocycles. The molecule has 7 heteroatoms. The van der Waals surface area contributed by atoms with E-state index in [0.717, 1.165) is 64.2 Å². The van der Waals surface area contributed by atoms with Crippen molar-refractivity contribution in [2.45, 2.75) is 216 Å². The summed E-state index contributed by atoms with van der Waals surface area (Å²) in [6, 6.07) is 0. The van der Waals surface area contributed by atoms with Crippen LogP contribution in [0.1, 0.15) is 174 Å². The molecule has 3 aliphatic heterocycles. The predicted octanol–water partition coefficient (Wildman–Crippen LogP) is 8.61. The van der Waals surface area contributed by atoms with E-state index in [4.69, 9.17) is 23.7 Å². The van der Waals surface area contributed by atoms with Gasteiger partial charge in [-0.1, -0.05) is 116 Å². The van der Waals surface area contributed by atoms with Gasteiger partial charge in [0.2, 0.25) is 0 Å². The van der Waals surface area contributed by atoms with Crippen molar-refractivity contribution in [2.75, 3.05) is 6.54 Å². The zero-order valence-corrected chi connectivity index (χ0v) is 27.4. The highest BCUT2D eigenvalue weighted by atomic mass is 16.9. The summed E-state index contributed by atoms with van der Waals surface area (Å²) in [4.78, 5) is 13.5. The van der Waals surface area contributed by atoms with E-state index < -0.39 is 30.1 Å². The fourth-order valence-electron chi connectivity index (χ4n) is 8.15. The van der Waals surface area contributed by atoms with E-state index in [0.29, 0.717) is 6.54 Å². The summed E-state index contributed by atoms with van der Waals surface area (Å²) in [5, 5.41) is 3.16. The highest BCUT2D eigenvalue weighted by molar-refractivity contribution is 5.81. The van der Waals surface area contributed by atoms with Crippen LogP contribution in [0.2, 0.25) is 0 Å². The van der Waals surface area contributed by atoms with Crippen LogP contribution < -0.4 is 5.32 Å². The largest absolute Gasteiger partial charge is 0.354 e. The zero-order valence-electron chi connectivity index (χ0n) is 27.4. The number of ether oxygens (including phenoxy) is 5. The molecule has 0 radical (unpaired) electrons. The van der Waals surface area contributed by atoms with Gasteiger partial charge in [0.1, 0.15) is 18.3 Å². The number of hydrogen-bond acceptors (Lipinski definition) is 6. The van der Waals surface area contributed by atoms with Gasteiger partial charge in [0.15, 0.2) is 24.0 Å². The molecule has 0 unspecified atom stereocenters. The van der Waals surface area contributed by atoms with Gasteiger partial charge >= 0.3 is 0 Å². The van der Waals surface area contributed by atoms with Crippen molar-refractivity contribution in [3.8, 4) is 0 Å². The first-order valence-electron chi connectivity index (χ1n) is 18.8. The smallest absolute Gasteiger partial charge is 0.252 e. The maximum absolute atomic E-state index is 13.5. The number of carbonyl (C=O) groups excluding carboxylic acids is 1. The van der Waals surface area contributed by atoms with Crippen molar-refractivity contribution in [3.05, 3.63) is 0 Å². The van der Waals surface area contributed by atoms with Crippen molar-refractivity contribution in [2.24, 2.45) is 0 Å². The molecule has 2 aliphatic carbocycles. The molecule has 2 saturated carbocycles. The van der Waals surface area contributed by atoms with Gasteiger partial charge in [-0.25, -0.2) is 0 Å². The standard InChI is InChI=1S/C36H63NO6/c1-2-3-4-5-6-7-8-9-10-11-12-13-14-15-16-23-28-37-33(38)31-29-30(41-35(40-29)24-19-17-20-25-35)32-34(39-31)43-36(42-32)26-21-18-22-27-36/h29-32,34H,2-28H2,1H3,(H,37,38)/t29-,30+,31+,32-,34+/m1/s1. The first-order valence-corrected chi connectivity index (χ1v) is 18.8. The summed E-state index contributed by atoms with van der Waals surface area (Å²) in [5.74, 6) is -1.30. The molecule has 5 rings (SSSR count). The van der Waals surface area contributed by atoms with E-state index in [2.05, 4.69) is 12.2 Å². The Morgan fingerprint density at radius 1 is 0.558 bits per heavy atom. The summed E-state index contributed by atoms with van der Waals surface area (Å²) < 4.78 is 32.7. The van der Waals surface area contributed by atoms with Crippen LogP contribution in [0, 0.1) is 0 Å². The van der Waals surface area contributed by atoms with Crippen LogP contribution in [-0.4, -0.2) is 54.7 Å². The van der Waals surface area contributed by atoms with Gasteiger partial charge in [0.25, 0.3) is 5.91 Å². The number of amides is 1. The predicted molar refractivity (Wildman–Crippen MR) is 169 cm³/mol. The highest BCUT2D eigenvalue weighted by Crippen LogP contribution is 2.50. The van der Waals surface area contributed by atoms with Crippen LogP contribution in [0.4, 0.5) is 0 Å². The molecule has 2 spiro atoms. The first-order chi connectivity index (χ1) is 21.1. The lowest BCUT2D eigenvalue weighted by molar-refractivity contribution is -0.247. The van der Waals surface area contributed by atoms with E-state index in [1.807, 2.05) is 0 Å². The highest BCUT2D eigenvalue weighted by Gasteiger charge is 2.65. The Hall–Kier alpha value is -0.730. The number of rotatable bonds is 18. The van der Waals surface area contributed by atoms with Crippen molar-refractivity contribution in [3.63, 3.8) is 0 Å². The number of fused-ring (bicyclic) bond motifs is 3. The third-order valence-corrected chi connectivity index (χ3v) is 10.7. The summed E-state index contributed by atoms with van der Waals surface area (Å²) in [6.07, 6.45) is 29.4. The molecule has 5 aliphatic rings. The Labute approximate surface area is 262 Å². The minimum atomic E-state index is -0.726. The Morgan fingerprint density at radius 2 is 1.00 bits per heavy atom. The van der Waals surface area contributed by atoms with Crippen LogP contribution in [0.15, 0.2) is 0 Å². The summed E-state index contributed by atoms with van der Waals surface area (Å²) in [6.45, 7) is 2.96. The van der Waals surface area contributed by atoms with Crippen molar-refractivity contribution < 1.29 is 28.5 Å². The lowest BCUT2D eigenvalue weighted by atomic mass is 9.94. The van der Waals surface area contributed by atoms with E-state index in [1.54, 1.807) is 0 Å². The number of unbranched alkanes of at least 4 members (excludes halogenated alkanes) is 15. The van der Waals surface area contributed by atoms with Crippen molar-refractivity contribution in [1.82, 2.24) is 5.32 Å². The second-order valence-electron chi connectivity index (χ2n) is 14.3. The summed E-state index contributed by atoms with van der Waals surface area (Å²) in [7, 11) is 0. The van der Waals surface area contributed by atoms with Gasteiger partial charge in [-0.05, 0) is 32.1 Å². The third kappa shape index (κ3) is 9.40. The van der Waals surface area contributed by atoms with Crippen LogP contribution in [0.5, 0.6) is 0 Å². The van der Waals surface area contributed by atoms with Crippen LogP contribution in [-0.2, 0) is 28.5 Å². The van der Waals surface area contributed by atoms with Gasteiger partial charge in [-0.2, -0.15) is 0 Å². The van der Waals surface area contributed by atoms with Crippen molar-refractivity contribution >= 4 is 5.91 Å². The van der Waals surface area contributed by atoms with E-state index in [1.165, 1.54) is 103 Å². The molecule has 1 amide bonds. The van der Waals surface area contributed by atoms with Gasteiger partial charge in [-0.3, -0.25) is 4.79 Å². The van der Waals surface area contributed by atoms with Gasteiger partial charge < -0.3 is 29.0 Å². The maximum atomic E-state index is 13.5. The van der Waals surface area contributed by atoms with E-state index >= 15 is 0 Å². The summed E-state index contributed by atoms with van der Waals surface area (Å²) in [5.41, 5.74) is 0. The fourth-order valence-corrected chi connectivity index (χ4v) is 8.15. The maximum Gasteiger partial charge on any atom is 0.252 e. The van der Waals surface area contributed by atoms with E-state index in [9.17, 15) is 4.79 Å². The van der Waals surface area contributed by atoms with Gasteiger partial charge in [-0.15, -0.1) is 0 Å². The molecule has 3 saturated heterocycles. The normalized spacial score (nSPS) is 30.9. The molecule has 0 aromatic heterocycles. The molecule has 5 fully saturated rings. The molecular formula is C36H63NO6. The Morgan fingerprint density at radius 3 is 1.53 bits per heavy atom. The summed E-state index contributed by atoms with van der Waals surface area (Å²) >= 11 is 0. The number of nitrogens with one attached hydrogen (secondary N) is 1. The Kier molecular flexibility index (Phi) is 13.5. The second-order valence-corrected chi connectivity index (χ2v) is 14.3. The van der Waals surface area contributed by atoms with Crippen molar-refractivity contribution in [1.29, 1.82) is 0 Å². The lowest BCUT2D eigenvalue weighted by Crippen LogP contribution is -2.59. The second kappa shape index (κ2) is 17.3. The monoisotopic (exact) mass is 605 g/mol. The van der Waals surface area contributed by atoms with Crippen LogP contribution in [0.25, 0.3) is 0 Å². The topological polar surface area (TPSA) is 75.3 Å². The van der Waals surface area contributed by atoms with Crippen LogP contribution >= 0.6 is 0 Å². The quantitative estimate of drug-likeness (QED) is 0.158. The zero-order chi connectivity index (χ0) is 29.8. The molecule has 1 N–H and O–H groups in total. The molecule has 0 bridgehead atoms. The Bertz CT molecular complexity index is 810. The van der Waals surface area contributed by atoms with Gasteiger partial charge in [0, 0.05) is 32.2 Å². The average Bonchev–Trinajstić information content (AvgIpc) is 3.56. The first kappa shape index (κ1) is 33.6. The minimum Gasteiger partial charge on any atom is -0.354 e.